The van der Waals surface area contributed by atoms with Gasteiger partial charge in [-0.1, -0.05) is 12.8 Å². The van der Waals surface area contributed by atoms with Crippen LogP contribution in [0.2, 0.25) is 0 Å². The lowest BCUT2D eigenvalue weighted by molar-refractivity contribution is -0.140. The zero-order valence-electron chi connectivity index (χ0n) is 16.6. The Balaban J connectivity index is 1.34. The maximum atomic E-state index is 12.7. The van der Waals surface area contributed by atoms with Crippen LogP contribution in [0, 0.1) is 5.92 Å². The minimum absolute atomic E-state index is 0.0828. The Kier molecular flexibility index (Phi) is 6.13. The van der Waals surface area contributed by atoms with Crippen molar-refractivity contribution in [3.63, 3.8) is 0 Å². The molecule has 29 heavy (non-hydrogen) atoms. The van der Waals surface area contributed by atoms with E-state index in [-0.39, 0.29) is 18.2 Å². The molecule has 0 radical (unpaired) electrons. The Hall–Kier alpha value is -2.41. The highest BCUT2D eigenvalue weighted by molar-refractivity contribution is 7.13. The number of fused-ring (bicyclic) bond motifs is 1. The summed E-state index contributed by atoms with van der Waals surface area (Å²) in [4.78, 5) is 31.4. The second-order valence-electron chi connectivity index (χ2n) is 7.68. The molecular weight excluding hydrogens is 388 g/mol. The first-order chi connectivity index (χ1) is 14.2. The summed E-state index contributed by atoms with van der Waals surface area (Å²) in [6, 6.07) is 7.82. The standard InChI is InChI=1S/C22H26N2O4S/c1-27-17-10-8-16(9-11-17)21-23-18(14-29-21)22(26)28-13-20(25)24-12-4-6-15-5-2-3-7-19(15)24/h8-11,14-15,19H,2-7,12-13H2,1H3/t15-,19+/m1/s1. The highest BCUT2D eigenvalue weighted by Gasteiger charge is 2.35. The Morgan fingerprint density at radius 3 is 2.69 bits per heavy atom. The average Bonchev–Trinajstić information content (AvgIpc) is 3.27. The third-order valence-corrected chi connectivity index (χ3v) is 6.83. The molecule has 2 atom stereocenters. The van der Waals surface area contributed by atoms with Crippen molar-refractivity contribution in [3.05, 3.63) is 35.3 Å². The van der Waals surface area contributed by atoms with Gasteiger partial charge in [-0.15, -0.1) is 11.3 Å². The van der Waals surface area contributed by atoms with Crippen LogP contribution in [-0.4, -0.2) is 48.1 Å². The van der Waals surface area contributed by atoms with Gasteiger partial charge in [0.25, 0.3) is 5.91 Å². The van der Waals surface area contributed by atoms with Gasteiger partial charge in [0, 0.05) is 23.5 Å². The minimum atomic E-state index is -0.549. The molecule has 2 aliphatic rings. The maximum absolute atomic E-state index is 12.7. The van der Waals surface area contributed by atoms with Crippen LogP contribution < -0.4 is 4.74 Å². The van der Waals surface area contributed by atoms with E-state index < -0.39 is 5.97 Å². The molecule has 1 saturated heterocycles. The lowest BCUT2D eigenvalue weighted by Crippen LogP contribution is -2.50. The van der Waals surface area contributed by atoms with E-state index in [0.717, 1.165) is 35.7 Å². The lowest BCUT2D eigenvalue weighted by atomic mass is 9.78. The number of carbonyl (C=O) groups excluding carboxylic acids is 2. The van der Waals surface area contributed by atoms with Gasteiger partial charge < -0.3 is 14.4 Å². The van der Waals surface area contributed by atoms with Crippen molar-refractivity contribution in [3.8, 4) is 16.3 Å². The Morgan fingerprint density at radius 1 is 1.14 bits per heavy atom. The van der Waals surface area contributed by atoms with Gasteiger partial charge >= 0.3 is 5.97 Å². The molecule has 1 saturated carbocycles. The van der Waals surface area contributed by atoms with Crippen molar-refractivity contribution in [1.29, 1.82) is 0 Å². The van der Waals surface area contributed by atoms with Gasteiger partial charge in [0.1, 0.15) is 10.8 Å². The smallest absolute Gasteiger partial charge is 0.358 e. The first kappa shape index (κ1) is 19.9. The van der Waals surface area contributed by atoms with Gasteiger partial charge in [-0.2, -0.15) is 0 Å². The van der Waals surface area contributed by atoms with Crippen LogP contribution >= 0.6 is 11.3 Å². The number of amides is 1. The molecule has 0 bridgehead atoms. The van der Waals surface area contributed by atoms with Crippen molar-refractivity contribution in [1.82, 2.24) is 9.88 Å². The van der Waals surface area contributed by atoms with Gasteiger partial charge in [0.15, 0.2) is 12.3 Å². The number of piperidine rings is 1. The van der Waals surface area contributed by atoms with E-state index in [1.165, 1.54) is 37.0 Å². The zero-order valence-corrected chi connectivity index (χ0v) is 17.5. The highest BCUT2D eigenvalue weighted by atomic mass is 32.1. The van der Waals surface area contributed by atoms with Crippen molar-refractivity contribution in [2.24, 2.45) is 5.92 Å². The third-order valence-electron chi connectivity index (χ3n) is 5.94. The van der Waals surface area contributed by atoms with Crippen LogP contribution in [0.1, 0.15) is 49.0 Å². The average molecular weight is 415 g/mol. The molecule has 0 N–H and O–H groups in total. The first-order valence-corrected chi connectivity index (χ1v) is 11.1. The number of ether oxygens (including phenoxy) is 2. The first-order valence-electron chi connectivity index (χ1n) is 10.2. The molecule has 0 spiro atoms. The van der Waals surface area contributed by atoms with Crippen LogP contribution in [-0.2, 0) is 9.53 Å². The summed E-state index contributed by atoms with van der Waals surface area (Å²) in [5.41, 5.74) is 1.14. The summed E-state index contributed by atoms with van der Waals surface area (Å²) >= 11 is 1.37. The van der Waals surface area contributed by atoms with Crippen LogP contribution in [0.3, 0.4) is 0 Å². The number of carbonyl (C=O) groups is 2. The van der Waals surface area contributed by atoms with E-state index in [1.54, 1.807) is 12.5 Å². The Morgan fingerprint density at radius 2 is 1.90 bits per heavy atom. The predicted octanol–water partition coefficient (Wildman–Crippen LogP) is 4.16. The second kappa shape index (κ2) is 8.95. The number of likely N-dealkylation sites (tertiary alicyclic amines) is 1. The molecule has 1 aromatic heterocycles. The number of hydrogen-bond acceptors (Lipinski definition) is 6. The summed E-state index contributed by atoms with van der Waals surface area (Å²) in [7, 11) is 1.62. The zero-order chi connectivity index (χ0) is 20.2. The van der Waals surface area contributed by atoms with Gasteiger partial charge in [0.05, 0.1) is 7.11 Å². The number of benzene rings is 1. The summed E-state index contributed by atoms with van der Waals surface area (Å²) in [5, 5.41) is 2.40. The SMILES string of the molecule is COc1ccc(-c2nc(C(=O)OCC(=O)N3CCC[C@H]4CCCC[C@@H]43)cs2)cc1. The lowest BCUT2D eigenvalue weighted by Gasteiger charge is -2.44. The summed E-state index contributed by atoms with van der Waals surface area (Å²) in [5.74, 6) is 0.747. The molecule has 2 aromatic rings. The Bertz CT molecular complexity index is 862. The third kappa shape index (κ3) is 4.45. The number of methoxy groups -OCH3 is 1. The van der Waals surface area contributed by atoms with Crippen molar-refractivity contribution < 1.29 is 19.1 Å². The molecule has 1 aromatic carbocycles. The van der Waals surface area contributed by atoms with Crippen LogP contribution in [0.25, 0.3) is 10.6 Å². The molecule has 1 amide bonds. The van der Waals surface area contributed by atoms with E-state index in [1.807, 2.05) is 29.2 Å². The molecule has 2 fully saturated rings. The summed E-state index contributed by atoms with van der Waals surface area (Å²) in [6.45, 7) is 0.563. The van der Waals surface area contributed by atoms with E-state index in [0.29, 0.717) is 12.0 Å². The van der Waals surface area contributed by atoms with E-state index in [4.69, 9.17) is 9.47 Å². The fourth-order valence-electron chi connectivity index (χ4n) is 4.45. The molecule has 7 heteroatoms. The van der Waals surface area contributed by atoms with Gasteiger partial charge in [-0.3, -0.25) is 4.79 Å². The summed E-state index contributed by atoms with van der Waals surface area (Å²) in [6.07, 6.45) is 6.97. The van der Waals surface area contributed by atoms with Crippen molar-refractivity contribution in [2.45, 2.75) is 44.6 Å². The van der Waals surface area contributed by atoms with Crippen LogP contribution in [0.5, 0.6) is 5.75 Å². The molecule has 1 aliphatic heterocycles. The molecular formula is C22H26N2O4S. The Labute approximate surface area is 174 Å². The summed E-state index contributed by atoms with van der Waals surface area (Å²) < 4.78 is 10.5. The fraction of sp³-hybridized carbons (Fsp3) is 0.500. The highest BCUT2D eigenvalue weighted by Crippen LogP contribution is 2.35. The fourth-order valence-corrected chi connectivity index (χ4v) is 5.25. The number of esters is 1. The van der Waals surface area contributed by atoms with Crippen molar-refractivity contribution >= 4 is 23.2 Å². The van der Waals surface area contributed by atoms with Crippen LogP contribution in [0.4, 0.5) is 0 Å². The topological polar surface area (TPSA) is 68.7 Å². The minimum Gasteiger partial charge on any atom is -0.497 e. The predicted molar refractivity (Wildman–Crippen MR) is 111 cm³/mol. The van der Waals surface area contributed by atoms with Gasteiger partial charge in [-0.25, -0.2) is 9.78 Å². The quantitative estimate of drug-likeness (QED) is 0.688. The number of aromatic nitrogens is 1. The molecule has 0 unspecified atom stereocenters. The van der Waals surface area contributed by atoms with Crippen LogP contribution in [0.15, 0.2) is 29.6 Å². The normalized spacial score (nSPS) is 21.3. The monoisotopic (exact) mass is 414 g/mol. The van der Waals surface area contributed by atoms with Gasteiger partial charge in [0.2, 0.25) is 0 Å². The molecule has 1 aliphatic carbocycles. The largest absolute Gasteiger partial charge is 0.497 e. The molecule has 4 rings (SSSR count). The second-order valence-corrected chi connectivity index (χ2v) is 8.54. The number of rotatable bonds is 5. The van der Waals surface area contributed by atoms with E-state index >= 15 is 0 Å². The van der Waals surface area contributed by atoms with E-state index in [2.05, 4.69) is 4.98 Å². The maximum Gasteiger partial charge on any atom is 0.358 e. The molecule has 154 valence electrons. The molecule has 6 nitrogen and oxygen atoms in total. The van der Waals surface area contributed by atoms with Crippen molar-refractivity contribution in [2.75, 3.05) is 20.3 Å². The molecule has 2 heterocycles. The number of thiazole rings is 1. The van der Waals surface area contributed by atoms with E-state index in [9.17, 15) is 9.59 Å². The number of hydrogen-bond donors (Lipinski definition) is 0. The number of nitrogens with zero attached hydrogens (tertiary/aromatic N) is 2. The van der Waals surface area contributed by atoms with Gasteiger partial charge in [-0.05, 0) is 55.9 Å².